The van der Waals surface area contributed by atoms with Crippen LogP contribution >= 0.6 is 0 Å². The molecule has 2 amide bonds. The number of amides is 2. The number of anilines is 1. The minimum Gasteiger partial charge on any atom is -0.494 e. The van der Waals surface area contributed by atoms with Crippen molar-refractivity contribution in [1.29, 1.82) is 0 Å². The van der Waals surface area contributed by atoms with Crippen LogP contribution in [0, 0.1) is 0 Å². The van der Waals surface area contributed by atoms with E-state index in [1.54, 1.807) is 18.0 Å². The third-order valence-electron chi connectivity index (χ3n) is 6.02. The molecule has 35 heavy (non-hydrogen) atoms. The summed E-state index contributed by atoms with van der Waals surface area (Å²) in [5.74, 6) is 1.28. The zero-order valence-electron chi connectivity index (χ0n) is 20.3. The Hall–Kier alpha value is -4.13. The first kappa shape index (κ1) is 24.0. The monoisotopic (exact) mass is 470 g/mol. The summed E-state index contributed by atoms with van der Waals surface area (Å²) in [7, 11) is 1.70. The second kappa shape index (κ2) is 10.9. The molecule has 0 fully saturated rings. The average molecular weight is 471 g/mol. The van der Waals surface area contributed by atoms with E-state index in [4.69, 9.17) is 9.72 Å². The molecule has 1 atom stereocenters. The number of carbonyl (C=O) groups is 1. The minimum atomic E-state index is -0.441. The van der Waals surface area contributed by atoms with E-state index in [9.17, 15) is 9.59 Å². The van der Waals surface area contributed by atoms with Crippen molar-refractivity contribution in [2.75, 3.05) is 18.5 Å². The molecule has 0 saturated heterocycles. The van der Waals surface area contributed by atoms with Crippen LogP contribution in [0.5, 0.6) is 5.75 Å². The first-order valence-electron chi connectivity index (χ1n) is 11.8. The van der Waals surface area contributed by atoms with Gasteiger partial charge in [0.1, 0.15) is 11.6 Å². The van der Waals surface area contributed by atoms with E-state index in [0.717, 1.165) is 11.3 Å². The molecule has 0 spiro atoms. The predicted molar refractivity (Wildman–Crippen MR) is 139 cm³/mol. The number of aromatic nitrogens is 2. The molecule has 1 heterocycles. The van der Waals surface area contributed by atoms with Crippen LogP contribution in [0.4, 0.5) is 10.5 Å². The molecule has 0 aliphatic carbocycles. The Kier molecular flexibility index (Phi) is 7.45. The second-order valence-corrected chi connectivity index (χ2v) is 8.34. The topological polar surface area (TPSA) is 76.5 Å². The summed E-state index contributed by atoms with van der Waals surface area (Å²) in [6.07, 6.45) is 0.670. The third kappa shape index (κ3) is 5.51. The molecule has 0 aliphatic rings. The minimum absolute atomic E-state index is 0.132. The van der Waals surface area contributed by atoms with Gasteiger partial charge in [-0.2, -0.15) is 0 Å². The quantitative estimate of drug-likeness (QED) is 0.385. The standard InChI is InChI=1S/C28H30N4O3/c1-4-35-23-16-14-22(15-17-23)29-28(34)32(19-18-21-10-6-5-7-11-21)20(2)26-30-25-13-9-8-12-24(25)27(33)31(26)3/h5-17,20H,4,18-19H2,1-3H3,(H,29,34). The number of hydrogen-bond donors (Lipinski definition) is 1. The normalized spacial score (nSPS) is 11.7. The molecule has 7 nitrogen and oxygen atoms in total. The van der Waals surface area contributed by atoms with E-state index in [0.29, 0.717) is 42.0 Å². The summed E-state index contributed by atoms with van der Waals surface area (Å²) >= 11 is 0. The van der Waals surface area contributed by atoms with Crippen molar-refractivity contribution in [3.05, 3.63) is 101 Å². The molecule has 4 aromatic rings. The van der Waals surface area contributed by atoms with E-state index in [-0.39, 0.29) is 11.6 Å². The van der Waals surface area contributed by atoms with Crippen LogP contribution in [0.25, 0.3) is 10.9 Å². The van der Waals surface area contributed by atoms with Crippen molar-refractivity contribution >= 4 is 22.6 Å². The van der Waals surface area contributed by atoms with Gasteiger partial charge in [-0.1, -0.05) is 42.5 Å². The largest absolute Gasteiger partial charge is 0.494 e. The number of para-hydroxylation sites is 1. The molecule has 0 bridgehead atoms. The number of fused-ring (bicyclic) bond motifs is 1. The molecule has 1 aromatic heterocycles. The van der Waals surface area contributed by atoms with E-state index in [1.165, 1.54) is 4.57 Å². The highest BCUT2D eigenvalue weighted by Gasteiger charge is 2.25. The zero-order chi connectivity index (χ0) is 24.8. The van der Waals surface area contributed by atoms with Crippen LogP contribution in [-0.4, -0.2) is 33.6 Å². The van der Waals surface area contributed by atoms with Gasteiger partial charge in [-0.05, 0) is 62.2 Å². The number of nitrogens with zero attached hydrogens (tertiary/aromatic N) is 3. The summed E-state index contributed by atoms with van der Waals surface area (Å²) in [4.78, 5) is 33.0. The maximum atomic E-state index is 13.5. The smallest absolute Gasteiger partial charge is 0.322 e. The molecule has 4 rings (SSSR count). The van der Waals surface area contributed by atoms with Crippen LogP contribution in [0.2, 0.25) is 0 Å². The fraction of sp³-hybridized carbons (Fsp3) is 0.250. The Balaban J connectivity index is 1.64. The molecule has 0 aliphatic heterocycles. The Morgan fingerprint density at radius 1 is 1.03 bits per heavy atom. The van der Waals surface area contributed by atoms with Crippen molar-refractivity contribution in [2.45, 2.75) is 26.3 Å². The van der Waals surface area contributed by atoms with E-state index in [1.807, 2.05) is 86.6 Å². The fourth-order valence-corrected chi connectivity index (χ4v) is 4.11. The number of nitrogens with one attached hydrogen (secondary N) is 1. The van der Waals surface area contributed by atoms with Crippen molar-refractivity contribution in [2.24, 2.45) is 7.05 Å². The summed E-state index contributed by atoms with van der Waals surface area (Å²) in [5.41, 5.74) is 2.27. The SMILES string of the molecule is CCOc1ccc(NC(=O)N(CCc2ccccc2)C(C)c2nc3ccccc3c(=O)n2C)cc1. The molecule has 1 unspecified atom stereocenters. The maximum Gasteiger partial charge on any atom is 0.322 e. The van der Waals surface area contributed by atoms with Gasteiger partial charge in [-0.25, -0.2) is 9.78 Å². The highest BCUT2D eigenvalue weighted by atomic mass is 16.5. The van der Waals surface area contributed by atoms with Crippen molar-refractivity contribution in [3.63, 3.8) is 0 Å². The van der Waals surface area contributed by atoms with Crippen molar-refractivity contribution in [3.8, 4) is 5.75 Å². The number of benzene rings is 3. The molecule has 0 saturated carbocycles. The van der Waals surface area contributed by atoms with Gasteiger partial charge in [0.2, 0.25) is 0 Å². The van der Waals surface area contributed by atoms with Crippen LogP contribution in [0.1, 0.15) is 31.3 Å². The molecule has 0 radical (unpaired) electrons. The first-order chi connectivity index (χ1) is 17.0. The van der Waals surface area contributed by atoms with Crippen LogP contribution in [0.15, 0.2) is 83.7 Å². The maximum absolute atomic E-state index is 13.5. The Labute approximate surface area is 205 Å². The Morgan fingerprint density at radius 3 is 2.43 bits per heavy atom. The Morgan fingerprint density at radius 2 is 1.71 bits per heavy atom. The summed E-state index contributed by atoms with van der Waals surface area (Å²) in [6.45, 7) is 4.86. The van der Waals surface area contributed by atoms with Gasteiger partial charge in [-0.15, -0.1) is 0 Å². The highest BCUT2D eigenvalue weighted by Crippen LogP contribution is 2.22. The second-order valence-electron chi connectivity index (χ2n) is 8.34. The van der Waals surface area contributed by atoms with E-state index in [2.05, 4.69) is 5.32 Å². The molecule has 7 heteroatoms. The van der Waals surface area contributed by atoms with Gasteiger partial charge in [0.25, 0.3) is 5.56 Å². The molecule has 3 aromatic carbocycles. The lowest BCUT2D eigenvalue weighted by Crippen LogP contribution is -2.40. The van der Waals surface area contributed by atoms with Crippen LogP contribution in [0.3, 0.4) is 0 Å². The fourth-order valence-electron chi connectivity index (χ4n) is 4.11. The molecule has 1 N–H and O–H groups in total. The van der Waals surface area contributed by atoms with Crippen molar-refractivity contribution in [1.82, 2.24) is 14.5 Å². The van der Waals surface area contributed by atoms with Gasteiger partial charge in [0.15, 0.2) is 0 Å². The lowest BCUT2D eigenvalue weighted by Gasteiger charge is -2.30. The lowest BCUT2D eigenvalue weighted by molar-refractivity contribution is 0.189. The highest BCUT2D eigenvalue weighted by molar-refractivity contribution is 5.89. The predicted octanol–water partition coefficient (Wildman–Crippen LogP) is 5.17. The van der Waals surface area contributed by atoms with Crippen LogP contribution < -0.4 is 15.6 Å². The number of rotatable bonds is 8. The van der Waals surface area contributed by atoms with Gasteiger partial charge in [0, 0.05) is 19.3 Å². The molecular weight excluding hydrogens is 440 g/mol. The van der Waals surface area contributed by atoms with Crippen molar-refractivity contribution < 1.29 is 9.53 Å². The van der Waals surface area contributed by atoms with Crippen LogP contribution in [-0.2, 0) is 13.5 Å². The summed E-state index contributed by atoms with van der Waals surface area (Å²) in [5, 5.41) is 3.54. The first-order valence-corrected chi connectivity index (χ1v) is 11.8. The van der Waals surface area contributed by atoms with E-state index < -0.39 is 6.04 Å². The van der Waals surface area contributed by atoms with Gasteiger partial charge >= 0.3 is 6.03 Å². The number of carbonyl (C=O) groups excluding carboxylic acids is 1. The summed E-state index contributed by atoms with van der Waals surface area (Å²) < 4.78 is 7.03. The third-order valence-corrected chi connectivity index (χ3v) is 6.02. The van der Waals surface area contributed by atoms with E-state index >= 15 is 0 Å². The summed E-state index contributed by atoms with van der Waals surface area (Å²) in [6, 6.07) is 23.9. The average Bonchev–Trinajstić information content (AvgIpc) is 2.88. The number of hydrogen-bond acceptors (Lipinski definition) is 4. The molecule has 180 valence electrons. The van der Waals surface area contributed by atoms with Gasteiger partial charge in [-0.3, -0.25) is 9.36 Å². The van der Waals surface area contributed by atoms with Gasteiger partial charge < -0.3 is 15.0 Å². The Bertz CT molecular complexity index is 1350. The van der Waals surface area contributed by atoms with Gasteiger partial charge in [0.05, 0.1) is 23.6 Å². The zero-order valence-corrected chi connectivity index (χ0v) is 20.3. The lowest BCUT2D eigenvalue weighted by atomic mass is 10.1. The molecular formula is C28H30N4O3. The number of urea groups is 1. The number of ether oxygens (including phenoxy) is 1.